The van der Waals surface area contributed by atoms with Gasteiger partial charge in [0.15, 0.2) is 0 Å². The van der Waals surface area contributed by atoms with Crippen LogP contribution in [0.15, 0.2) is 24.5 Å². The second-order valence-corrected chi connectivity index (χ2v) is 2.81. The summed E-state index contributed by atoms with van der Waals surface area (Å²) in [4.78, 5) is 3.94. The molecule has 0 radical (unpaired) electrons. The number of aromatic nitrogens is 1. The zero-order valence-electron chi connectivity index (χ0n) is 8.35. The summed E-state index contributed by atoms with van der Waals surface area (Å²) in [6.45, 7) is 3.52. The fraction of sp³-hybridized carbons (Fsp3) is 0.500. The molecule has 4 nitrogen and oxygen atoms in total. The minimum absolute atomic E-state index is 0.0415. The van der Waals surface area contributed by atoms with Crippen LogP contribution in [0.2, 0.25) is 0 Å². The average Bonchev–Trinajstić information content (AvgIpc) is 2.25. The minimum Gasteiger partial charge on any atom is -0.489 e. The van der Waals surface area contributed by atoms with Crippen LogP contribution in [0.5, 0.6) is 5.75 Å². The van der Waals surface area contributed by atoms with Gasteiger partial charge < -0.3 is 15.2 Å². The van der Waals surface area contributed by atoms with Crippen LogP contribution in [0.4, 0.5) is 0 Å². The Bertz CT molecular complexity index is 241. The quantitative estimate of drug-likeness (QED) is 0.732. The van der Waals surface area contributed by atoms with Crippen LogP contribution in [-0.4, -0.2) is 30.8 Å². The van der Waals surface area contributed by atoms with E-state index in [1.54, 1.807) is 12.4 Å². The van der Waals surface area contributed by atoms with E-state index in [-0.39, 0.29) is 6.10 Å². The SMILES string of the molecule is CCOC(CN)COc1cccnc1. The molecule has 0 aliphatic heterocycles. The highest BCUT2D eigenvalue weighted by Gasteiger charge is 2.06. The van der Waals surface area contributed by atoms with Crippen molar-refractivity contribution >= 4 is 0 Å². The smallest absolute Gasteiger partial charge is 0.137 e. The summed E-state index contributed by atoms with van der Waals surface area (Å²) in [5, 5.41) is 0. The molecule has 0 amide bonds. The van der Waals surface area contributed by atoms with Crippen LogP contribution in [0.25, 0.3) is 0 Å². The second kappa shape index (κ2) is 6.34. The average molecular weight is 196 g/mol. The zero-order chi connectivity index (χ0) is 10.2. The summed E-state index contributed by atoms with van der Waals surface area (Å²) in [6, 6.07) is 3.68. The number of hydrogen-bond acceptors (Lipinski definition) is 4. The largest absolute Gasteiger partial charge is 0.489 e. The van der Waals surface area contributed by atoms with Crippen LogP contribution in [0.1, 0.15) is 6.92 Å². The molecule has 0 aromatic carbocycles. The van der Waals surface area contributed by atoms with Gasteiger partial charge in [0.2, 0.25) is 0 Å². The summed E-state index contributed by atoms with van der Waals surface area (Å²) in [7, 11) is 0. The first-order chi connectivity index (χ1) is 6.86. The Morgan fingerprint density at radius 1 is 1.57 bits per heavy atom. The molecule has 14 heavy (non-hydrogen) atoms. The third-order valence-electron chi connectivity index (χ3n) is 1.74. The van der Waals surface area contributed by atoms with Gasteiger partial charge in [0.05, 0.1) is 6.20 Å². The number of rotatable bonds is 6. The molecule has 1 atom stereocenters. The molecule has 1 heterocycles. The summed E-state index contributed by atoms with van der Waals surface area (Å²) < 4.78 is 10.8. The van der Waals surface area contributed by atoms with Gasteiger partial charge in [0.1, 0.15) is 18.5 Å². The van der Waals surface area contributed by atoms with Gasteiger partial charge in [0.25, 0.3) is 0 Å². The molecule has 0 fully saturated rings. The van der Waals surface area contributed by atoms with E-state index in [9.17, 15) is 0 Å². The fourth-order valence-corrected chi connectivity index (χ4v) is 1.04. The van der Waals surface area contributed by atoms with Crippen LogP contribution < -0.4 is 10.5 Å². The third-order valence-corrected chi connectivity index (χ3v) is 1.74. The van der Waals surface area contributed by atoms with Crippen molar-refractivity contribution in [2.75, 3.05) is 19.8 Å². The van der Waals surface area contributed by atoms with Gasteiger partial charge in [-0.2, -0.15) is 0 Å². The zero-order valence-corrected chi connectivity index (χ0v) is 8.35. The Labute approximate surface area is 84.0 Å². The predicted molar refractivity (Wildman–Crippen MR) is 54.2 cm³/mol. The van der Waals surface area contributed by atoms with Gasteiger partial charge in [-0.3, -0.25) is 4.98 Å². The maximum Gasteiger partial charge on any atom is 0.137 e. The standard InChI is InChI=1S/C10H16N2O2/c1-2-13-10(6-11)8-14-9-4-3-5-12-7-9/h3-5,7,10H,2,6,8,11H2,1H3. The summed E-state index contributed by atoms with van der Waals surface area (Å²) in [5.41, 5.74) is 5.50. The van der Waals surface area contributed by atoms with Crippen LogP contribution in [0.3, 0.4) is 0 Å². The predicted octanol–water partition coefficient (Wildman–Crippen LogP) is 0.824. The second-order valence-electron chi connectivity index (χ2n) is 2.81. The van der Waals surface area contributed by atoms with E-state index >= 15 is 0 Å². The number of nitrogens with two attached hydrogens (primary N) is 1. The Morgan fingerprint density at radius 2 is 2.43 bits per heavy atom. The Morgan fingerprint density at radius 3 is 3.00 bits per heavy atom. The first-order valence-corrected chi connectivity index (χ1v) is 4.71. The molecule has 2 N–H and O–H groups in total. The normalized spacial score (nSPS) is 12.4. The Hall–Kier alpha value is -1.13. The van der Waals surface area contributed by atoms with Crippen molar-refractivity contribution < 1.29 is 9.47 Å². The molecule has 0 aliphatic carbocycles. The lowest BCUT2D eigenvalue weighted by molar-refractivity contribution is 0.0336. The first-order valence-electron chi connectivity index (χ1n) is 4.71. The lowest BCUT2D eigenvalue weighted by Crippen LogP contribution is -2.30. The highest BCUT2D eigenvalue weighted by atomic mass is 16.5. The number of ether oxygens (including phenoxy) is 2. The van der Waals surface area contributed by atoms with Gasteiger partial charge in [0, 0.05) is 19.3 Å². The van der Waals surface area contributed by atoms with Crippen LogP contribution in [0, 0.1) is 0 Å². The molecule has 1 aromatic rings. The van der Waals surface area contributed by atoms with Gasteiger partial charge in [-0.1, -0.05) is 0 Å². The van der Waals surface area contributed by atoms with Crippen molar-refractivity contribution in [2.45, 2.75) is 13.0 Å². The van der Waals surface area contributed by atoms with E-state index in [4.69, 9.17) is 15.2 Å². The maximum absolute atomic E-state index is 5.50. The first kappa shape index (κ1) is 10.9. The Kier molecular flexibility index (Phi) is 4.96. The molecule has 1 aromatic heterocycles. The van der Waals surface area contributed by atoms with Gasteiger partial charge in [-0.15, -0.1) is 0 Å². The van der Waals surface area contributed by atoms with E-state index in [1.807, 2.05) is 19.1 Å². The fourth-order valence-electron chi connectivity index (χ4n) is 1.04. The van der Waals surface area contributed by atoms with Crippen LogP contribution >= 0.6 is 0 Å². The molecule has 1 rings (SSSR count). The van der Waals surface area contributed by atoms with E-state index in [0.717, 1.165) is 5.75 Å². The lowest BCUT2D eigenvalue weighted by Gasteiger charge is -2.15. The van der Waals surface area contributed by atoms with E-state index in [2.05, 4.69) is 4.98 Å². The molecule has 1 unspecified atom stereocenters. The highest BCUT2D eigenvalue weighted by Crippen LogP contribution is 2.06. The van der Waals surface area contributed by atoms with Crippen molar-refractivity contribution in [3.63, 3.8) is 0 Å². The maximum atomic E-state index is 5.50. The van der Waals surface area contributed by atoms with E-state index < -0.39 is 0 Å². The summed E-state index contributed by atoms with van der Waals surface area (Å²) in [6.07, 6.45) is 3.33. The molecule has 0 saturated heterocycles. The summed E-state index contributed by atoms with van der Waals surface area (Å²) in [5.74, 6) is 0.741. The third kappa shape index (κ3) is 3.72. The van der Waals surface area contributed by atoms with Crippen LogP contribution in [-0.2, 0) is 4.74 Å². The topological polar surface area (TPSA) is 57.4 Å². The van der Waals surface area contributed by atoms with Crippen molar-refractivity contribution in [1.29, 1.82) is 0 Å². The van der Waals surface area contributed by atoms with Gasteiger partial charge >= 0.3 is 0 Å². The van der Waals surface area contributed by atoms with Crippen molar-refractivity contribution in [2.24, 2.45) is 5.73 Å². The highest BCUT2D eigenvalue weighted by molar-refractivity contribution is 5.15. The van der Waals surface area contributed by atoms with Gasteiger partial charge in [-0.05, 0) is 19.1 Å². The molecule has 0 saturated carbocycles. The van der Waals surface area contributed by atoms with Crippen molar-refractivity contribution in [1.82, 2.24) is 4.98 Å². The lowest BCUT2D eigenvalue weighted by atomic mass is 10.4. The molecule has 0 bridgehead atoms. The molecule has 4 heteroatoms. The minimum atomic E-state index is -0.0415. The summed E-state index contributed by atoms with van der Waals surface area (Å²) >= 11 is 0. The Balaban J connectivity index is 2.32. The van der Waals surface area contributed by atoms with E-state index in [1.165, 1.54) is 0 Å². The number of nitrogens with zero attached hydrogens (tertiary/aromatic N) is 1. The van der Waals surface area contributed by atoms with Gasteiger partial charge in [-0.25, -0.2) is 0 Å². The van der Waals surface area contributed by atoms with Crippen molar-refractivity contribution in [3.8, 4) is 5.75 Å². The number of hydrogen-bond donors (Lipinski definition) is 1. The molecular formula is C10H16N2O2. The number of pyridine rings is 1. The molecule has 78 valence electrons. The molecule has 0 spiro atoms. The molecular weight excluding hydrogens is 180 g/mol. The molecule has 0 aliphatic rings. The monoisotopic (exact) mass is 196 g/mol. The van der Waals surface area contributed by atoms with E-state index in [0.29, 0.717) is 19.8 Å². The van der Waals surface area contributed by atoms with Crippen molar-refractivity contribution in [3.05, 3.63) is 24.5 Å².